The second-order valence-electron chi connectivity index (χ2n) is 6.16. The number of carbonyl (C=O) groups excluding carboxylic acids is 1. The minimum atomic E-state index is -0.454. The summed E-state index contributed by atoms with van der Waals surface area (Å²) >= 11 is 0. The highest BCUT2D eigenvalue weighted by atomic mass is 19.1. The van der Waals surface area contributed by atoms with Crippen LogP contribution in [-0.2, 0) is 36.6 Å². The SMILES string of the molecule is Cn1c(=O)c2c(ncn2CCOC(=O)CCc2ccc(F)cc2)n(C)c1=O. The number of halogens is 1. The molecule has 9 heteroatoms. The topological polar surface area (TPSA) is 88.1 Å². The number of hydrogen-bond acceptors (Lipinski definition) is 5. The van der Waals surface area contributed by atoms with Gasteiger partial charge >= 0.3 is 11.7 Å². The number of fused-ring (bicyclic) bond motifs is 1. The Balaban J connectivity index is 1.60. The van der Waals surface area contributed by atoms with E-state index < -0.39 is 11.2 Å². The molecule has 0 spiro atoms. The molecule has 0 radical (unpaired) electrons. The zero-order valence-electron chi connectivity index (χ0n) is 15.0. The minimum Gasteiger partial charge on any atom is -0.464 e. The van der Waals surface area contributed by atoms with Gasteiger partial charge in [0.25, 0.3) is 5.56 Å². The van der Waals surface area contributed by atoms with E-state index in [0.29, 0.717) is 6.42 Å². The van der Waals surface area contributed by atoms with Crippen LogP contribution in [0.5, 0.6) is 0 Å². The van der Waals surface area contributed by atoms with Crippen molar-refractivity contribution in [3.63, 3.8) is 0 Å². The Labute approximate surface area is 153 Å². The van der Waals surface area contributed by atoms with E-state index in [2.05, 4.69) is 4.98 Å². The summed E-state index contributed by atoms with van der Waals surface area (Å²) in [5, 5.41) is 0. The summed E-state index contributed by atoms with van der Waals surface area (Å²) in [7, 11) is 2.94. The van der Waals surface area contributed by atoms with Crippen molar-refractivity contribution in [1.29, 1.82) is 0 Å². The molecule has 2 heterocycles. The van der Waals surface area contributed by atoms with E-state index in [1.54, 1.807) is 16.7 Å². The zero-order valence-corrected chi connectivity index (χ0v) is 15.0. The molecule has 0 bridgehead atoms. The van der Waals surface area contributed by atoms with Crippen LogP contribution in [0.1, 0.15) is 12.0 Å². The fourth-order valence-corrected chi connectivity index (χ4v) is 2.79. The Bertz CT molecular complexity index is 1100. The lowest BCUT2D eigenvalue weighted by atomic mass is 10.1. The molecule has 0 unspecified atom stereocenters. The van der Waals surface area contributed by atoms with Crippen molar-refractivity contribution in [2.45, 2.75) is 19.4 Å². The molecule has 142 valence electrons. The highest BCUT2D eigenvalue weighted by Crippen LogP contribution is 2.07. The molecule has 27 heavy (non-hydrogen) atoms. The Morgan fingerprint density at radius 1 is 1.15 bits per heavy atom. The van der Waals surface area contributed by atoms with Crippen molar-refractivity contribution >= 4 is 17.1 Å². The minimum absolute atomic E-state index is 0.0692. The number of carbonyl (C=O) groups is 1. The van der Waals surface area contributed by atoms with E-state index in [4.69, 9.17) is 4.74 Å². The van der Waals surface area contributed by atoms with Gasteiger partial charge in [-0.05, 0) is 24.1 Å². The average Bonchev–Trinajstić information content (AvgIpc) is 3.08. The summed E-state index contributed by atoms with van der Waals surface area (Å²) in [4.78, 5) is 40.2. The van der Waals surface area contributed by atoms with Crippen LogP contribution in [0.4, 0.5) is 4.39 Å². The Hall–Kier alpha value is -3.23. The van der Waals surface area contributed by atoms with Gasteiger partial charge in [0.1, 0.15) is 12.4 Å². The molecule has 0 aliphatic heterocycles. The molecule has 0 saturated carbocycles. The molecule has 2 aromatic heterocycles. The van der Waals surface area contributed by atoms with Gasteiger partial charge in [0.15, 0.2) is 11.2 Å². The molecule has 3 rings (SSSR count). The lowest BCUT2D eigenvalue weighted by Crippen LogP contribution is -2.37. The maximum Gasteiger partial charge on any atom is 0.332 e. The molecule has 0 fully saturated rings. The van der Waals surface area contributed by atoms with Gasteiger partial charge in [0.2, 0.25) is 0 Å². The number of aromatic nitrogens is 4. The van der Waals surface area contributed by atoms with E-state index in [-0.39, 0.29) is 42.5 Å². The molecule has 0 saturated heterocycles. The van der Waals surface area contributed by atoms with Crippen molar-refractivity contribution in [2.75, 3.05) is 6.61 Å². The molecule has 0 aliphatic carbocycles. The highest BCUT2D eigenvalue weighted by molar-refractivity contribution is 5.70. The first kappa shape index (κ1) is 18.6. The highest BCUT2D eigenvalue weighted by Gasteiger charge is 2.14. The van der Waals surface area contributed by atoms with Crippen LogP contribution >= 0.6 is 0 Å². The van der Waals surface area contributed by atoms with Crippen molar-refractivity contribution in [3.05, 3.63) is 62.8 Å². The predicted octanol–water partition coefficient (Wildman–Crippen LogP) is 0.749. The van der Waals surface area contributed by atoms with E-state index in [1.165, 1.54) is 37.1 Å². The number of benzene rings is 1. The quantitative estimate of drug-likeness (QED) is 0.594. The lowest BCUT2D eigenvalue weighted by molar-refractivity contribution is -0.143. The first-order chi connectivity index (χ1) is 12.9. The maximum atomic E-state index is 12.9. The predicted molar refractivity (Wildman–Crippen MR) is 95.9 cm³/mol. The third-order valence-corrected chi connectivity index (χ3v) is 4.34. The fourth-order valence-electron chi connectivity index (χ4n) is 2.79. The van der Waals surface area contributed by atoms with Gasteiger partial charge in [0.05, 0.1) is 12.9 Å². The third-order valence-electron chi connectivity index (χ3n) is 4.34. The number of imidazole rings is 1. The number of nitrogens with zero attached hydrogens (tertiary/aromatic N) is 4. The van der Waals surface area contributed by atoms with Gasteiger partial charge in [-0.3, -0.25) is 18.7 Å². The van der Waals surface area contributed by atoms with Crippen molar-refractivity contribution < 1.29 is 13.9 Å². The second kappa shape index (κ2) is 7.56. The Morgan fingerprint density at radius 3 is 2.56 bits per heavy atom. The first-order valence-electron chi connectivity index (χ1n) is 8.39. The molecule has 1 aromatic carbocycles. The fraction of sp³-hybridized carbons (Fsp3) is 0.333. The van der Waals surface area contributed by atoms with Crippen LogP contribution in [0.25, 0.3) is 11.2 Å². The van der Waals surface area contributed by atoms with Crippen LogP contribution < -0.4 is 11.2 Å². The van der Waals surface area contributed by atoms with Crippen LogP contribution in [0.3, 0.4) is 0 Å². The first-order valence-corrected chi connectivity index (χ1v) is 8.39. The summed E-state index contributed by atoms with van der Waals surface area (Å²) in [6.07, 6.45) is 2.07. The standard InChI is InChI=1S/C18H19FN4O4/c1-21-16-15(17(25)22(2)18(21)26)23(11-20-16)9-10-27-14(24)8-5-12-3-6-13(19)7-4-12/h3-4,6-7,11H,5,8-10H2,1-2H3. The smallest absolute Gasteiger partial charge is 0.332 e. The number of rotatable bonds is 6. The molecule has 0 N–H and O–H groups in total. The molecule has 0 aliphatic rings. The Kier molecular flexibility index (Phi) is 5.20. The molecular weight excluding hydrogens is 355 g/mol. The number of hydrogen-bond donors (Lipinski definition) is 0. The summed E-state index contributed by atoms with van der Waals surface area (Å²) in [6, 6.07) is 5.94. The van der Waals surface area contributed by atoms with E-state index in [0.717, 1.165) is 10.1 Å². The number of aryl methyl sites for hydroxylation is 2. The van der Waals surface area contributed by atoms with Crippen LogP contribution in [0.2, 0.25) is 0 Å². The van der Waals surface area contributed by atoms with E-state index in [9.17, 15) is 18.8 Å². The third kappa shape index (κ3) is 3.81. The van der Waals surface area contributed by atoms with Gasteiger partial charge in [-0.25, -0.2) is 14.2 Å². The van der Waals surface area contributed by atoms with E-state index >= 15 is 0 Å². The van der Waals surface area contributed by atoms with Crippen LogP contribution in [-0.4, -0.2) is 31.3 Å². The molecular formula is C18H19FN4O4. The number of esters is 1. The maximum absolute atomic E-state index is 12.9. The number of ether oxygens (including phenoxy) is 1. The monoisotopic (exact) mass is 374 g/mol. The van der Waals surface area contributed by atoms with Crippen LogP contribution in [0, 0.1) is 5.82 Å². The van der Waals surface area contributed by atoms with E-state index in [1.807, 2.05) is 0 Å². The summed E-state index contributed by atoms with van der Waals surface area (Å²) in [5.41, 5.74) is 0.504. The molecule has 8 nitrogen and oxygen atoms in total. The van der Waals surface area contributed by atoms with Crippen molar-refractivity contribution in [3.8, 4) is 0 Å². The van der Waals surface area contributed by atoms with Gasteiger partial charge < -0.3 is 9.30 Å². The summed E-state index contributed by atoms with van der Waals surface area (Å²) in [6.45, 7) is 0.311. The largest absolute Gasteiger partial charge is 0.464 e. The summed E-state index contributed by atoms with van der Waals surface area (Å²) < 4.78 is 21.9. The van der Waals surface area contributed by atoms with Gasteiger partial charge in [-0.2, -0.15) is 0 Å². The lowest BCUT2D eigenvalue weighted by Gasteiger charge is -2.08. The zero-order chi connectivity index (χ0) is 19.6. The Morgan fingerprint density at radius 2 is 1.85 bits per heavy atom. The molecule has 3 aromatic rings. The molecule has 0 atom stereocenters. The molecule has 0 amide bonds. The van der Waals surface area contributed by atoms with Crippen molar-refractivity contribution in [1.82, 2.24) is 18.7 Å². The van der Waals surface area contributed by atoms with Crippen LogP contribution in [0.15, 0.2) is 40.2 Å². The van der Waals surface area contributed by atoms with Crippen molar-refractivity contribution in [2.24, 2.45) is 14.1 Å². The average molecular weight is 374 g/mol. The summed E-state index contributed by atoms with van der Waals surface area (Å²) in [5.74, 6) is -0.707. The normalized spacial score (nSPS) is 11.1. The second-order valence-corrected chi connectivity index (χ2v) is 6.16. The van der Waals surface area contributed by atoms with Gasteiger partial charge in [0, 0.05) is 20.5 Å². The van der Waals surface area contributed by atoms with Gasteiger partial charge in [-0.1, -0.05) is 12.1 Å². The van der Waals surface area contributed by atoms with Gasteiger partial charge in [-0.15, -0.1) is 0 Å².